The van der Waals surface area contributed by atoms with Crippen molar-refractivity contribution in [1.82, 2.24) is 4.98 Å². The fourth-order valence-corrected chi connectivity index (χ4v) is 2.84. The van der Waals surface area contributed by atoms with Crippen molar-refractivity contribution in [3.05, 3.63) is 65.0 Å². The zero-order chi connectivity index (χ0) is 18.7. The molecule has 0 saturated heterocycles. The number of rotatable bonds is 4. The topological polar surface area (TPSA) is 48.4 Å². The predicted molar refractivity (Wildman–Crippen MR) is 90.4 cm³/mol. The molecular weight excluding hydrogens is 367 g/mol. The number of hydrogen-bond acceptors (Lipinski definition) is 5. The lowest BCUT2D eigenvalue weighted by molar-refractivity contribution is -0.137. The molecule has 0 saturated carbocycles. The van der Waals surface area contributed by atoms with E-state index >= 15 is 0 Å². The summed E-state index contributed by atoms with van der Waals surface area (Å²) >= 11 is 1.22. The molecule has 0 aliphatic heterocycles. The molecule has 0 spiro atoms. The van der Waals surface area contributed by atoms with Crippen molar-refractivity contribution >= 4 is 17.3 Å². The maximum absolute atomic E-state index is 12.6. The molecule has 0 N–H and O–H groups in total. The molecule has 3 aromatic rings. The lowest BCUT2D eigenvalue weighted by Gasteiger charge is -2.07. The molecule has 0 fully saturated rings. The van der Waals surface area contributed by atoms with E-state index in [-0.39, 0.29) is 5.75 Å². The predicted octanol–water partition coefficient (Wildman–Crippen LogP) is 5.41. The second-order valence-electron chi connectivity index (χ2n) is 5.19. The van der Waals surface area contributed by atoms with Crippen LogP contribution in [-0.4, -0.2) is 18.1 Å². The van der Waals surface area contributed by atoms with Crippen LogP contribution in [0.5, 0.6) is 10.9 Å². The second kappa shape index (κ2) is 7.17. The van der Waals surface area contributed by atoms with Crippen molar-refractivity contribution < 1.29 is 27.4 Å². The quantitative estimate of drug-likeness (QED) is 0.569. The monoisotopic (exact) mass is 379 g/mol. The van der Waals surface area contributed by atoms with Crippen LogP contribution < -0.4 is 4.74 Å². The molecule has 26 heavy (non-hydrogen) atoms. The molecular formula is C18H12F3NO3S. The van der Waals surface area contributed by atoms with Gasteiger partial charge in [-0.25, -0.2) is 9.78 Å². The van der Waals surface area contributed by atoms with Gasteiger partial charge in [-0.1, -0.05) is 23.5 Å². The summed E-state index contributed by atoms with van der Waals surface area (Å²) in [7, 11) is 1.31. The van der Waals surface area contributed by atoms with Gasteiger partial charge in [-0.15, -0.1) is 0 Å². The SMILES string of the molecule is COC(=O)c1ccc(-c2csc(Oc3ccc(C(F)(F)F)cc3)n2)cc1. The molecule has 0 radical (unpaired) electrons. The number of hydrogen-bond donors (Lipinski definition) is 0. The highest BCUT2D eigenvalue weighted by Crippen LogP contribution is 2.33. The Morgan fingerprint density at radius 2 is 1.69 bits per heavy atom. The van der Waals surface area contributed by atoms with Crippen molar-refractivity contribution in [3.8, 4) is 22.2 Å². The highest BCUT2D eigenvalue weighted by Gasteiger charge is 2.30. The van der Waals surface area contributed by atoms with Crippen LogP contribution in [0.15, 0.2) is 53.9 Å². The smallest absolute Gasteiger partial charge is 0.416 e. The van der Waals surface area contributed by atoms with Gasteiger partial charge in [0.05, 0.1) is 23.9 Å². The third-order valence-corrected chi connectivity index (χ3v) is 4.19. The van der Waals surface area contributed by atoms with Crippen LogP contribution in [-0.2, 0) is 10.9 Å². The van der Waals surface area contributed by atoms with Crippen molar-refractivity contribution in [2.75, 3.05) is 7.11 Å². The number of benzene rings is 2. The molecule has 4 nitrogen and oxygen atoms in total. The molecule has 0 aliphatic rings. The van der Waals surface area contributed by atoms with Crippen molar-refractivity contribution in [2.45, 2.75) is 6.18 Å². The van der Waals surface area contributed by atoms with E-state index in [9.17, 15) is 18.0 Å². The first-order valence-corrected chi connectivity index (χ1v) is 8.24. The second-order valence-corrected chi connectivity index (χ2v) is 6.01. The lowest BCUT2D eigenvalue weighted by atomic mass is 10.1. The Hall–Kier alpha value is -2.87. The van der Waals surface area contributed by atoms with Gasteiger partial charge in [0.15, 0.2) is 0 Å². The summed E-state index contributed by atoms with van der Waals surface area (Å²) in [6, 6.07) is 11.1. The van der Waals surface area contributed by atoms with Gasteiger partial charge in [0.2, 0.25) is 0 Å². The minimum absolute atomic E-state index is 0.264. The largest absolute Gasteiger partial charge is 0.465 e. The highest BCUT2D eigenvalue weighted by molar-refractivity contribution is 7.11. The Morgan fingerprint density at radius 1 is 1.04 bits per heavy atom. The molecule has 0 aliphatic carbocycles. The number of thiazole rings is 1. The Morgan fingerprint density at radius 3 is 2.27 bits per heavy atom. The number of carbonyl (C=O) groups is 1. The fraction of sp³-hybridized carbons (Fsp3) is 0.111. The Bertz CT molecular complexity index is 903. The summed E-state index contributed by atoms with van der Waals surface area (Å²) in [5.41, 5.74) is 1.09. The van der Waals surface area contributed by atoms with Crippen LogP contribution in [0, 0.1) is 0 Å². The number of nitrogens with zero attached hydrogens (tertiary/aromatic N) is 1. The number of halogens is 3. The van der Waals surface area contributed by atoms with Crippen LogP contribution in [0.25, 0.3) is 11.3 Å². The lowest BCUT2D eigenvalue weighted by Crippen LogP contribution is -2.03. The van der Waals surface area contributed by atoms with E-state index < -0.39 is 17.7 Å². The van der Waals surface area contributed by atoms with E-state index in [1.807, 2.05) is 0 Å². The van der Waals surface area contributed by atoms with E-state index in [2.05, 4.69) is 9.72 Å². The number of alkyl halides is 3. The van der Waals surface area contributed by atoms with E-state index in [1.165, 1.54) is 30.6 Å². The van der Waals surface area contributed by atoms with Crippen LogP contribution in [0.1, 0.15) is 15.9 Å². The van der Waals surface area contributed by atoms with E-state index in [4.69, 9.17) is 4.74 Å². The van der Waals surface area contributed by atoms with Gasteiger partial charge in [0.1, 0.15) is 5.75 Å². The zero-order valence-corrected chi connectivity index (χ0v) is 14.2. The average Bonchev–Trinajstić information content (AvgIpc) is 3.09. The Balaban J connectivity index is 1.73. The van der Waals surface area contributed by atoms with E-state index in [0.29, 0.717) is 16.5 Å². The van der Waals surface area contributed by atoms with Crippen LogP contribution in [0.3, 0.4) is 0 Å². The summed E-state index contributed by atoms with van der Waals surface area (Å²) in [6.45, 7) is 0. The molecule has 2 aromatic carbocycles. The van der Waals surface area contributed by atoms with Gasteiger partial charge in [-0.2, -0.15) is 13.2 Å². The molecule has 0 bridgehead atoms. The molecule has 1 aromatic heterocycles. The van der Waals surface area contributed by atoms with Gasteiger partial charge >= 0.3 is 12.1 Å². The minimum Gasteiger partial charge on any atom is -0.465 e. The normalized spacial score (nSPS) is 11.2. The third kappa shape index (κ3) is 4.02. The maximum Gasteiger partial charge on any atom is 0.416 e. The zero-order valence-electron chi connectivity index (χ0n) is 13.4. The first-order chi connectivity index (χ1) is 12.4. The van der Waals surface area contributed by atoms with Gasteiger partial charge in [0, 0.05) is 10.9 Å². The van der Waals surface area contributed by atoms with Crippen LogP contribution in [0.4, 0.5) is 13.2 Å². The summed E-state index contributed by atoms with van der Waals surface area (Å²) < 4.78 is 47.8. The Kier molecular flexibility index (Phi) is 4.94. The first kappa shape index (κ1) is 17.9. The van der Waals surface area contributed by atoms with Crippen molar-refractivity contribution in [2.24, 2.45) is 0 Å². The third-order valence-electron chi connectivity index (χ3n) is 3.47. The number of esters is 1. The highest BCUT2D eigenvalue weighted by atomic mass is 32.1. The van der Waals surface area contributed by atoms with Gasteiger partial charge < -0.3 is 9.47 Å². The molecule has 8 heteroatoms. The number of carbonyl (C=O) groups excluding carboxylic acids is 1. The van der Waals surface area contributed by atoms with Gasteiger partial charge in [0.25, 0.3) is 5.19 Å². The summed E-state index contributed by atoms with van der Waals surface area (Å²) in [6.07, 6.45) is -4.39. The minimum atomic E-state index is -4.39. The van der Waals surface area contributed by atoms with Crippen LogP contribution in [0.2, 0.25) is 0 Å². The number of aromatic nitrogens is 1. The number of methoxy groups -OCH3 is 1. The Labute approximate surface area is 150 Å². The molecule has 0 amide bonds. The molecule has 0 unspecified atom stereocenters. The molecule has 134 valence electrons. The molecule has 0 atom stereocenters. The number of ether oxygens (including phenoxy) is 2. The van der Waals surface area contributed by atoms with E-state index in [0.717, 1.165) is 17.7 Å². The van der Waals surface area contributed by atoms with Crippen molar-refractivity contribution in [1.29, 1.82) is 0 Å². The summed E-state index contributed by atoms with van der Waals surface area (Å²) in [5.74, 6) is -0.166. The molecule has 3 rings (SSSR count). The van der Waals surface area contributed by atoms with E-state index in [1.54, 1.807) is 29.6 Å². The molecule has 1 heterocycles. The maximum atomic E-state index is 12.6. The fourth-order valence-electron chi connectivity index (χ4n) is 2.14. The average molecular weight is 379 g/mol. The summed E-state index contributed by atoms with van der Waals surface area (Å²) in [4.78, 5) is 15.7. The van der Waals surface area contributed by atoms with Crippen molar-refractivity contribution in [3.63, 3.8) is 0 Å². The first-order valence-electron chi connectivity index (χ1n) is 7.36. The van der Waals surface area contributed by atoms with Crippen LogP contribution >= 0.6 is 11.3 Å². The standard InChI is InChI=1S/C18H12F3NO3S/c1-24-16(23)12-4-2-11(3-5-12)15-10-26-17(22-15)25-14-8-6-13(7-9-14)18(19,20)21/h2-10H,1H3. The summed E-state index contributed by atoms with van der Waals surface area (Å²) in [5, 5.41) is 2.06. The van der Waals surface area contributed by atoms with Gasteiger partial charge in [-0.05, 0) is 36.4 Å². The van der Waals surface area contributed by atoms with Gasteiger partial charge in [-0.3, -0.25) is 0 Å².